The highest BCUT2D eigenvalue weighted by atomic mass is 16.5. The van der Waals surface area contributed by atoms with Crippen molar-refractivity contribution in [3.05, 3.63) is 29.7 Å². The van der Waals surface area contributed by atoms with Gasteiger partial charge in [0.25, 0.3) is 5.88 Å². The van der Waals surface area contributed by atoms with Crippen LogP contribution in [0.25, 0.3) is 0 Å². The number of hydrogen-bond donors (Lipinski definition) is 0. The second-order valence-corrected chi connectivity index (χ2v) is 4.86. The van der Waals surface area contributed by atoms with Gasteiger partial charge in [-0.3, -0.25) is 4.79 Å². The zero-order valence-corrected chi connectivity index (χ0v) is 11.5. The van der Waals surface area contributed by atoms with E-state index < -0.39 is 0 Å². The Bertz CT molecular complexity index is 573. The van der Waals surface area contributed by atoms with E-state index in [2.05, 4.69) is 9.97 Å². The van der Waals surface area contributed by atoms with Gasteiger partial charge in [0.2, 0.25) is 11.6 Å². The van der Waals surface area contributed by atoms with Gasteiger partial charge in [0, 0.05) is 31.4 Å². The standard InChI is InChI=1S/C14H16N4O2/c1-10(2)7-13(19)18-6-3-11(9-18)20-14-12(8-15)16-4-5-17-14/h4-5,7,11H,3,6,9H2,1-2H3. The van der Waals surface area contributed by atoms with Gasteiger partial charge in [-0.25, -0.2) is 9.97 Å². The number of ether oxygens (including phenoxy) is 1. The van der Waals surface area contributed by atoms with Crippen LogP contribution < -0.4 is 4.74 Å². The molecule has 1 unspecified atom stereocenters. The average Bonchev–Trinajstić information content (AvgIpc) is 2.87. The molecule has 1 fully saturated rings. The monoisotopic (exact) mass is 272 g/mol. The van der Waals surface area contributed by atoms with Crippen molar-refractivity contribution in [1.82, 2.24) is 14.9 Å². The van der Waals surface area contributed by atoms with Gasteiger partial charge in [0.05, 0.1) is 6.54 Å². The zero-order chi connectivity index (χ0) is 14.5. The number of carbonyl (C=O) groups excluding carboxylic acids is 1. The Hall–Kier alpha value is -2.42. The minimum atomic E-state index is -0.145. The lowest BCUT2D eigenvalue weighted by molar-refractivity contribution is -0.125. The van der Waals surface area contributed by atoms with E-state index in [1.165, 1.54) is 12.4 Å². The van der Waals surface area contributed by atoms with Gasteiger partial charge < -0.3 is 9.64 Å². The number of allylic oxidation sites excluding steroid dienone is 1. The summed E-state index contributed by atoms with van der Waals surface area (Å²) in [5.41, 5.74) is 1.14. The van der Waals surface area contributed by atoms with E-state index in [9.17, 15) is 4.79 Å². The maximum atomic E-state index is 11.9. The fourth-order valence-corrected chi connectivity index (χ4v) is 2.01. The third-order valence-corrected chi connectivity index (χ3v) is 2.92. The van der Waals surface area contributed by atoms with Gasteiger partial charge in [-0.15, -0.1) is 0 Å². The summed E-state index contributed by atoms with van der Waals surface area (Å²) in [5, 5.41) is 8.93. The van der Waals surface area contributed by atoms with Gasteiger partial charge in [-0.2, -0.15) is 5.26 Å². The first-order valence-corrected chi connectivity index (χ1v) is 6.41. The SMILES string of the molecule is CC(C)=CC(=O)N1CCC(Oc2nccnc2C#N)C1. The lowest BCUT2D eigenvalue weighted by Gasteiger charge is -2.15. The first-order valence-electron chi connectivity index (χ1n) is 6.41. The van der Waals surface area contributed by atoms with Crippen LogP contribution in [0.15, 0.2) is 24.0 Å². The topological polar surface area (TPSA) is 79.1 Å². The Labute approximate surface area is 117 Å². The van der Waals surface area contributed by atoms with Gasteiger partial charge >= 0.3 is 0 Å². The number of amides is 1. The molecule has 2 heterocycles. The number of nitriles is 1. The van der Waals surface area contributed by atoms with Crippen molar-refractivity contribution in [3.63, 3.8) is 0 Å². The van der Waals surface area contributed by atoms with E-state index in [-0.39, 0.29) is 23.6 Å². The maximum Gasteiger partial charge on any atom is 0.251 e. The van der Waals surface area contributed by atoms with Crippen LogP contribution in [0.4, 0.5) is 0 Å². The Morgan fingerprint density at radius 1 is 1.50 bits per heavy atom. The number of aromatic nitrogens is 2. The molecule has 2 rings (SSSR count). The molecule has 20 heavy (non-hydrogen) atoms. The summed E-state index contributed by atoms with van der Waals surface area (Å²) in [7, 11) is 0. The largest absolute Gasteiger partial charge is 0.470 e. The summed E-state index contributed by atoms with van der Waals surface area (Å²) >= 11 is 0. The van der Waals surface area contributed by atoms with E-state index in [4.69, 9.17) is 10.00 Å². The van der Waals surface area contributed by atoms with E-state index in [0.717, 1.165) is 12.0 Å². The molecule has 0 spiro atoms. The fourth-order valence-electron chi connectivity index (χ4n) is 2.01. The number of nitrogens with zero attached hydrogens (tertiary/aromatic N) is 4. The van der Waals surface area contributed by atoms with Crippen LogP contribution in [0.1, 0.15) is 26.0 Å². The van der Waals surface area contributed by atoms with E-state index in [0.29, 0.717) is 13.1 Å². The van der Waals surface area contributed by atoms with Crippen LogP contribution in [-0.4, -0.2) is 40.0 Å². The predicted octanol–water partition coefficient (Wildman–Crippen LogP) is 1.29. The Morgan fingerprint density at radius 2 is 2.25 bits per heavy atom. The zero-order valence-electron chi connectivity index (χ0n) is 11.5. The summed E-state index contributed by atoms with van der Waals surface area (Å²) < 4.78 is 5.67. The molecule has 1 saturated heterocycles. The van der Waals surface area contributed by atoms with E-state index >= 15 is 0 Å². The van der Waals surface area contributed by atoms with E-state index in [1.807, 2.05) is 19.9 Å². The predicted molar refractivity (Wildman–Crippen MR) is 71.8 cm³/mol. The molecule has 1 aliphatic rings. The summed E-state index contributed by atoms with van der Waals surface area (Å²) in [6.45, 7) is 4.93. The number of carbonyl (C=O) groups is 1. The van der Waals surface area contributed by atoms with E-state index in [1.54, 1.807) is 11.0 Å². The third kappa shape index (κ3) is 3.32. The molecule has 1 atom stereocenters. The van der Waals surface area contributed by atoms with Crippen LogP contribution >= 0.6 is 0 Å². The molecule has 1 aromatic heterocycles. The highest BCUT2D eigenvalue weighted by Gasteiger charge is 2.27. The van der Waals surface area contributed by atoms with Crippen LogP contribution in [0.2, 0.25) is 0 Å². The second kappa shape index (κ2) is 6.15. The minimum absolute atomic E-state index is 0.00393. The molecular weight excluding hydrogens is 256 g/mol. The van der Waals surface area contributed by atoms with Crippen LogP contribution in [0, 0.1) is 11.3 Å². The lowest BCUT2D eigenvalue weighted by Crippen LogP contribution is -2.29. The molecule has 1 aliphatic heterocycles. The Kier molecular flexibility index (Phi) is 4.31. The molecule has 1 amide bonds. The van der Waals surface area contributed by atoms with Crippen molar-refractivity contribution in [2.75, 3.05) is 13.1 Å². The quantitative estimate of drug-likeness (QED) is 0.775. The van der Waals surface area contributed by atoms with Crippen molar-refractivity contribution in [3.8, 4) is 11.9 Å². The molecule has 0 bridgehead atoms. The smallest absolute Gasteiger partial charge is 0.251 e. The minimum Gasteiger partial charge on any atom is -0.470 e. The molecule has 0 aromatic carbocycles. The van der Waals surface area contributed by atoms with Crippen molar-refractivity contribution >= 4 is 5.91 Å². The van der Waals surface area contributed by atoms with Gasteiger partial charge in [-0.1, -0.05) is 5.57 Å². The lowest BCUT2D eigenvalue weighted by atomic mass is 10.3. The normalized spacial score (nSPS) is 17.4. The summed E-state index contributed by atoms with van der Waals surface area (Å²) in [5.74, 6) is 0.229. The molecule has 0 radical (unpaired) electrons. The van der Waals surface area contributed by atoms with Crippen molar-refractivity contribution in [2.45, 2.75) is 26.4 Å². The molecule has 1 aromatic rings. The van der Waals surface area contributed by atoms with Crippen LogP contribution in [-0.2, 0) is 4.79 Å². The molecular formula is C14H16N4O2. The first-order chi connectivity index (χ1) is 9.60. The van der Waals surface area contributed by atoms with Crippen LogP contribution in [0.5, 0.6) is 5.88 Å². The van der Waals surface area contributed by atoms with Crippen molar-refractivity contribution < 1.29 is 9.53 Å². The first kappa shape index (κ1) is 14.0. The number of rotatable bonds is 3. The van der Waals surface area contributed by atoms with Gasteiger partial charge in [0.1, 0.15) is 12.2 Å². The van der Waals surface area contributed by atoms with Gasteiger partial charge in [-0.05, 0) is 13.8 Å². The fraction of sp³-hybridized carbons (Fsp3) is 0.429. The van der Waals surface area contributed by atoms with Crippen LogP contribution in [0.3, 0.4) is 0 Å². The molecule has 6 heteroatoms. The summed E-state index contributed by atoms with van der Waals surface area (Å²) in [6, 6.07) is 1.94. The Balaban J connectivity index is 1.99. The van der Waals surface area contributed by atoms with Crippen molar-refractivity contribution in [1.29, 1.82) is 5.26 Å². The molecule has 104 valence electrons. The third-order valence-electron chi connectivity index (χ3n) is 2.92. The summed E-state index contributed by atoms with van der Waals surface area (Å²) in [6.07, 6.45) is 5.13. The molecule has 0 aliphatic carbocycles. The second-order valence-electron chi connectivity index (χ2n) is 4.86. The average molecular weight is 272 g/mol. The number of likely N-dealkylation sites (tertiary alicyclic amines) is 1. The molecule has 0 saturated carbocycles. The maximum absolute atomic E-state index is 11.9. The Morgan fingerprint density at radius 3 is 2.95 bits per heavy atom. The van der Waals surface area contributed by atoms with Gasteiger partial charge in [0.15, 0.2) is 0 Å². The summed E-state index contributed by atoms with van der Waals surface area (Å²) in [4.78, 5) is 21.5. The number of hydrogen-bond acceptors (Lipinski definition) is 5. The molecule has 6 nitrogen and oxygen atoms in total. The highest BCUT2D eigenvalue weighted by Crippen LogP contribution is 2.18. The molecule has 0 N–H and O–H groups in total. The highest BCUT2D eigenvalue weighted by molar-refractivity contribution is 5.88. The van der Waals surface area contributed by atoms with Crippen molar-refractivity contribution in [2.24, 2.45) is 0 Å².